The first kappa shape index (κ1) is 24.5. The van der Waals surface area contributed by atoms with E-state index in [2.05, 4.69) is 10.2 Å². The van der Waals surface area contributed by atoms with Gasteiger partial charge in [-0.2, -0.15) is 0 Å². The number of anilines is 1. The van der Waals surface area contributed by atoms with Crippen molar-refractivity contribution in [2.75, 3.05) is 44.8 Å². The molecule has 0 aromatic heterocycles. The molecule has 1 aliphatic heterocycles. The second kappa shape index (κ2) is 11.1. The molecule has 180 valence electrons. The van der Waals surface area contributed by atoms with Gasteiger partial charge in [0.05, 0.1) is 12.0 Å². The van der Waals surface area contributed by atoms with E-state index in [9.17, 15) is 24.5 Å². The number of nitrogens with zero attached hydrogens (tertiary/aromatic N) is 3. The zero-order chi connectivity index (χ0) is 24.7. The maximum absolute atomic E-state index is 12.5. The molecule has 2 amide bonds. The van der Waals surface area contributed by atoms with Gasteiger partial charge in [-0.25, -0.2) is 4.79 Å². The summed E-state index contributed by atoms with van der Waals surface area (Å²) in [4.78, 5) is 51.0. The number of methoxy groups -OCH3 is 1. The van der Waals surface area contributed by atoms with E-state index in [1.807, 2.05) is 24.3 Å². The Bertz CT molecular complexity index is 1050. The SMILES string of the molecule is COc1ccc(N2CCN(C(=O)COC(=O)[C@H](C)NC(=O)c3cccc([N+](=O)[O-])c3)CC2)cc1. The van der Waals surface area contributed by atoms with Crippen molar-refractivity contribution in [2.24, 2.45) is 0 Å². The number of hydrogen-bond acceptors (Lipinski definition) is 8. The van der Waals surface area contributed by atoms with Crippen LogP contribution in [0.4, 0.5) is 11.4 Å². The Kier molecular flexibility index (Phi) is 8.01. The lowest BCUT2D eigenvalue weighted by molar-refractivity contribution is -0.384. The molecule has 0 spiro atoms. The summed E-state index contributed by atoms with van der Waals surface area (Å²) in [6.07, 6.45) is 0. The number of nitrogens with one attached hydrogen (secondary N) is 1. The Balaban J connectivity index is 1.43. The molecule has 0 radical (unpaired) electrons. The highest BCUT2D eigenvalue weighted by atomic mass is 16.6. The fraction of sp³-hybridized carbons (Fsp3) is 0.348. The van der Waals surface area contributed by atoms with E-state index in [1.54, 1.807) is 12.0 Å². The van der Waals surface area contributed by atoms with E-state index >= 15 is 0 Å². The highest BCUT2D eigenvalue weighted by molar-refractivity contribution is 5.97. The molecule has 1 N–H and O–H groups in total. The van der Waals surface area contributed by atoms with Crippen molar-refractivity contribution in [2.45, 2.75) is 13.0 Å². The summed E-state index contributed by atoms with van der Waals surface area (Å²) in [6.45, 7) is 3.24. The molecule has 0 aliphatic carbocycles. The third-order valence-corrected chi connectivity index (χ3v) is 5.43. The molecule has 11 nitrogen and oxygen atoms in total. The van der Waals surface area contributed by atoms with Gasteiger partial charge in [0.2, 0.25) is 0 Å². The second-order valence-corrected chi connectivity index (χ2v) is 7.68. The molecule has 1 saturated heterocycles. The van der Waals surface area contributed by atoms with Crippen molar-refractivity contribution in [3.8, 4) is 5.75 Å². The fourth-order valence-electron chi connectivity index (χ4n) is 3.46. The molecular weight excluding hydrogens is 444 g/mol. The predicted octanol–water partition coefficient (Wildman–Crippen LogP) is 1.61. The molecule has 1 aliphatic rings. The summed E-state index contributed by atoms with van der Waals surface area (Å²) in [5, 5.41) is 13.3. The molecule has 3 rings (SSSR count). The van der Waals surface area contributed by atoms with Crippen LogP contribution in [-0.4, -0.2) is 73.5 Å². The first-order valence-corrected chi connectivity index (χ1v) is 10.7. The molecule has 0 bridgehead atoms. The summed E-state index contributed by atoms with van der Waals surface area (Å²) >= 11 is 0. The number of piperazine rings is 1. The maximum atomic E-state index is 12.5. The number of rotatable bonds is 8. The highest BCUT2D eigenvalue weighted by Gasteiger charge is 2.24. The molecule has 1 fully saturated rings. The van der Waals surface area contributed by atoms with Crippen LogP contribution in [0.15, 0.2) is 48.5 Å². The number of benzene rings is 2. The normalized spacial score (nSPS) is 14.2. The third-order valence-electron chi connectivity index (χ3n) is 5.43. The monoisotopic (exact) mass is 470 g/mol. The van der Waals surface area contributed by atoms with Gasteiger partial charge in [-0.15, -0.1) is 0 Å². The molecule has 2 aromatic carbocycles. The van der Waals surface area contributed by atoms with Crippen LogP contribution >= 0.6 is 0 Å². The predicted molar refractivity (Wildman–Crippen MR) is 123 cm³/mol. The Morgan fingerprint density at radius 1 is 1.09 bits per heavy atom. The van der Waals surface area contributed by atoms with Gasteiger partial charge in [0.25, 0.3) is 17.5 Å². The Hall–Kier alpha value is -4.15. The average Bonchev–Trinajstić information content (AvgIpc) is 2.87. The Morgan fingerprint density at radius 2 is 1.76 bits per heavy atom. The van der Waals surface area contributed by atoms with E-state index in [0.29, 0.717) is 26.2 Å². The van der Waals surface area contributed by atoms with Crippen LogP contribution in [-0.2, 0) is 14.3 Å². The number of ether oxygens (including phenoxy) is 2. The van der Waals surface area contributed by atoms with Crippen LogP contribution in [0.25, 0.3) is 0 Å². The summed E-state index contributed by atoms with van der Waals surface area (Å²) in [5.74, 6) is -0.979. The summed E-state index contributed by atoms with van der Waals surface area (Å²) in [6, 6.07) is 11.8. The number of nitro benzene ring substituents is 1. The van der Waals surface area contributed by atoms with Gasteiger partial charge in [0.15, 0.2) is 6.61 Å². The summed E-state index contributed by atoms with van der Waals surface area (Å²) in [5.41, 5.74) is 0.841. The van der Waals surface area contributed by atoms with Gasteiger partial charge < -0.3 is 24.6 Å². The van der Waals surface area contributed by atoms with Crippen molar-refractivity contribution < 1.29 is 28.8 Å². The Morgan fingerprint density at radius 3 is 2.38 bits per heavy atom. The first-order chi connectivity index (χ1) is 16.3. The van der Waals surface area contributed by atoms with Crippen LogP contribution < -0.4 is 15.0 Å². The quantitative estimate of drug-likeness (QED) is 0.350. The minimum Gasteiger partial charge on any atom is -0.497 e. The molecule has 1 atom stereocenters. The molecular formula is C23H26N4O7. The largest absolute Gasteiger partial charge is 0.497 e. The van der Waals surface area contributed by atoms with Gasteiger partial charge in [-0.1, -0.05) is 6.07 Å². The van der Waals surface area contributed by atoms with E-state index in [0.717, 1.165) is 17.5 Å². The molecule has 0 unspecified atom stereocenters. The maximum Gasteiger partial charge on any atom is 0.328 e. The average molecular weight is 470 g/mol. The van der Waals surface area contributed by atoms with Gasteiger partial charge >= 0.3 is 5.97 Å². The van der Waals surface area contributed by atoms with Crippen LogP contribution in [0.3, 0.4) is 0 Å². The van der Waals surface area contributed by atoms with E-state index in [1.165, 1.54) is 25.1 Å². The number of esters is 1. The van der Waals surface area contributed by atoms with E-state index in [4.69, 9.17) is 9.47 Å². The van der Waals surface area contributed by atoms with Crippen molar-refractivity contribution >= 4 is 29.2 Å². The fourth-order valence-corrected chi connectivity index (χ4v) is 3.46. The second-order valence-electron chi connectivity index (χ2n) is 7.68. The molecule has 34 heavy (non-hydrogen) atoms. The van der Waals surface area contributed by atoms with Crippen LogP contribution in [0.5, 0.6) is 5.75 Å². The van der Waals surface area contributed by atoms with Gasteiger partial charge in [-0.05, 0) is 37.3 Å². The highest BCUT2D eigenvalue weighted by Crippen LogP contribution is 2.20. The number of non-ortho nitro benzene ring substituents is 1. The van der Waals surface area contributed by atoms with Gasteiger partial charge in [-0.3, -0.25) is 19.7 Å². The Labute approximate surface area is 196 Å². The molecule has 0 saturated carbocycles. The van der Waals surface area contributed by atoms with Crippen LogP contribution in [0, 0.1) is 10.1 Å². The third kappa shape index (κ3) is 6.21. The van der Waals surface area contributed by atoms with Crippen molar-refractivity contribution in [1.82, 2.24) is 10.2 Å². The number of carbonyl (C=O) groups is 3. The van der Waals surface area contributed by atoms with E-state index < -0.39 is 29.4 Å². The summed E-state index contributed by atoms with van der Waals surface area (Å²) in [7, 11) is 1.61. The molecule has 2 aromatic rings. The molecule has 11 heteroatoms. The van der Waals surface area contributed by atoms with Crippen molar-refractivity contribution in [1.29, 1.82) is 0 Å². The number of amides is 2. The minimum atomic E-state index is -1.04. The zero-order valence-corrected chi connectivity index (χ0v) is 18.9. The number of carbonyl (C=O) groups excluding carboxylic acids is 3. The van der Waals surface area contributed by atoms with Crippen LogP contribution in [0.1, 0.15) is 17.3 Å². The smallest absolute Gasteiger partial charge is 0.328 e. The van der Waals surface area contributed by atoms with Crippen molar-refractivity contribution in [3.63, 3.8) is 0 Å². The van der Waals surface area contributed by atoms with Crippen LogP contribution in [0.2, 0.25) is 0 Å². The van der Waals surface area contributed by atoms with Gasteiger partial charge in [0.1, 0.15) is 11.8 Å². The molecule has 1 heterocycles. The van der Waals surface area contributed by atoms with Crippen molar-refractivity contribution in [3.05, 3.63) is 64.2 Å². The lowest BCUT2D eigenvalue weighted by Crippen LogP contribution is -2.50. The topological polar surface area (TPSA) is 131 Å². The summed E-state index contributed by atoms with van der Waals surface area (Å²) < 4.78 is 10.2. The number of nitro groups is 1. The lowest BCUT2D eigenvalue weighted by Gasteiger charge is -2.36. The lowest BCUT2D eigenvalue weighted by atomic mass is 10.2. The zero-order valence-electron chi connectivity index (χ0n) is 18.9. The minimum absolute atomic E-state index is 0.0413. The number of hydrogen-bond donors (Lipinski definition) is 1. The van der Waals surface area contributed by atoms with Gasteiger partial charge in [0, 0.05) is 49.6 Å². The van der Waals surface area contributed by atoms with E-state index in [-0.39, 0.29) is 17.2 Å². The first-order valence-electron chi connectivity index (χ1n) is 10.7. The standard InChI is InChI=1S/C23H26N4O7/c1-16(24-22(29)17-4-3-5-19(14-17)27(31)32)23(30)34-15-21(28)26-12-10-25(11-13-26)18-6-8-20(33-2)9-7-18/h3-9,14,16H,10-13,15H2,1-2H3,(H,24,29)/t16-/m0/s1.